The van der Waals surface area contributed by atoms with Crippen LogP contribution in [0, 0.1) is 23.3 Å². The lowest BCUT2D eigenvalue weighted by molar-refractivity contribution is 0.554. The Morgan fingerprint density at radius 3 is 2.36 bits per heavy atom. The van der Waals surface area contributed by atoms with Crippen LogP contribution in [0.15, 0.2) is 59.6 Å². The van der Waals surface area contributed by atoms with Crippen molar-refractivity contribution in [2.45, 2.75) is 18.7 Å². The van der Waals surface area contributed by atoms with Gasteiger partial charge in [-0.1, -0.05) is 17.4 Å². The molecule has 188 valence electrons. The number of halogens is 4. The minimum atomic E-state index is -4.75. The monoisotopic (exact) mass is 536 g/mol. The highest BCUT2D eigenvalue weighted by atomic mass is 32.2. The first-order chi connectivity index (χ1) is 17.2. The number of aromatic nitrogens is 2. The average molecular weight is 537 g/mol. The van der Waals surface area contributed by atoms with E-state index in [1.165, 1.54) is 17.5 Å². The second-order valence-electron chi connectivity index (χ2n) is 7.53. The van der Waals surface area contributed by atoms with E-state index in [2.05, 4.69) is 9.97 Å². The Labute approximate surface area is 209 Å². The smallest absolute Gasteiger partial charge is 0.265 e. The molecule has 2 aromatic heterocycles. The number of hydrogen-bond acceptors (Lipinski definition) is 6. The third-order valence-corrected chi connectivity index (χ3v) is 7.82. The number of nitrogens with one attached hydrogen (secondary N) is 1. The number of benzene rings is 2. The molecule has 0 fully saturated rings. The lowest BCUT2D eigenvalue weighted by atomic mass is 10.1. The maximum atomic E-state index is 15.7. The van der Waals surface area contributed by atoms with Gasteiger partial charge >= 0.3 is 0 Å². The average Bonchev–Trinajstić information content (AvgIpc) is 3.28. The molecule has 4 rings (SSSR count). The normalized spacial score (nSPS) is 11.5. The van der Waals surface area contributed by atoms with E-state index in [1.54, 1.807) is 18.2 Å². The Morgan fingerprint density at radius 2 is 1.69 bits per heavy atom. The Bertz CT molecular complexity index is 1510. The van der Waals surface area contributed by atoms with E-state index in [0.29, 0.717) is 40.9 Å². The van der Waals surface area contributed by atoms with Crippen molar-refractivity contribution in [2.75, 3.05) is 22.7 Å². The van der Waals surface area contributed by atoms with E-state index in [9.17, 15) is 17.2 Å². The highest BCUT2D eigenvalue weighted by molar-refractivity contribution is 7.92. The number of anilines is 2. The fraction of sp³-hybridized carbons (Fsp3) is 0.167. The topological polar surface area (TPSA) is 75.2 Å². The van der Waals surface area contributed by atoms with Gasteiger partial charge in [-0.2, -0.15) is 0 Å². The molecule has 0 saturated carbocycles. The Balaban J connectivity index is 1.87. The summed E-state index contributed by atoms with van der Waals surface area (Å²) >= 11 is 1.19. The van der Waals surface area contributed by atoms with Crippen molar-refractivity contribution in [1.82, 2.24) is 9.97 Å². The van der Waals surface area contributed by atoms with Gasteiger partial charge in [0.25, 0.3) is 10.0 Å². The minimum absolute atomic E-state index is 0.0615. The van der Waals surface area contributed by atoms with E-state index < -0.39 is 49.4 Å². The molecule has 1 N–H and O–H groups in total. The molecule has 0 amide bonds. The second-order valence-corrected chi connectivity index (χ2v) is 10.2. The van der Waals surface area contributed by atoms with Crippen LogP contribution in [0.1, 0.15) is 13.8 Å². The van der Waals surface area contributed by atoms with E-state index in [4.69, 9.17) is 0 Å². The van der Waals surface area contributed by atoms with Crippen molar-refractivity contribution < 1.29 is 26.0 Å². The van der Waals surface area contributed by atoms with Crippen molar-refractivity contribution >= 4 is 32.2 Å². The predicted molar refractivity (Wildman–Crippen MR) is 131 cm³/mol. The molecule has 36 heavy (non-hydrogen) atoms. The van der Waals surface area contributed by atoms with Gasteiger partial charge in [0.2, 0.25) is 0 Å². The molecule has 12 heteroatoms. The van der Waals surface area contributed by atoms with E-state index >= 15 is 8.78 Å². The minimum Gasteiger partial charge on any atom is -0.349 e. The molecule has 0 bridgehead atoms. The van der Waals surface area contributed by atoms with Gasteiger partial charge < -0.3 is 4.90 Å². The van der Waals surface area contributed by atoms with Gasteiger partial charge in [-0.3, -0.25) is 9.71 Å². The second kappa shape index (κ2) is 10.2. The summed E-state index contributed by atoms with van der Waals surface area (Å²) in [5.74, 6) is -4.47. The number of pyridine rings is 1. The standard InChI is InChI=1S/C24H20F4N4O2S2/c1-3-32(4-2)24-30-22(23(35-24)18-7-5-6-12-29-18)20-16(27)10-11-17(21(20)28)31-36(33,34)19-13-14(25)8-9-15(19)26/h5-13,31H,3-4H2,1-2H3. The lowest BCUT2D eigenvalue weighted by Gasteiger charge is -2.16. The molecule has 6 nitrogen and oxygen atoms in total. The van der Waals surface area contributed by atoms with Gasteiger partial charge in [0.1, 0.15) is 22.3 Å². The van der Waals surface area contributed by atoms with E-state index in [-0.39, 0.29) is 5.69 Å². The zero-order valence-electron chi connectivity index (χ0n) is 19.1. The lowest BCUT2D eigenvalue weighted by Crippen LogP contribution is -2.21. The SMILES string of the molecule is CCN(CC)c1nc(-c2c(F)ccc(NS(=O)(=O)c3cc(F)ccc3F)c2F)c(-c2ccccn2)s1. The van der Waals surface area contributed by atoms with Gasteiger partial charge in [0.05, 0.1) is 27.5 Å². The third-order valence-electron chi connectivity index (χ3n) is 5.30. The molecule has 4 aromatic rings. The molecular weight excluding hydrogens is 516 g/mol. The first-order valence-electron chi connectivity index (χ1n) is 10.8. The molecule has 0 aliphatic carbocycles. The molecular formula is C24H20F4N4O2S2. The maximum Gasteiger partial charge on any atom is 0.265 e. The molecule has 0 aliphatic rings. The summed E-state index contributed by atoms with van der Waals surface area (Å²) in [4.78, 5) is 10.0. The summed E-state index contributed by atoms with van der Waals surface area (Å²) in [6.45, 7) is 5.00. The zero-order valence-corrected chi connectivity index (χ0v) is 20.7. The first-order valence-corrected chi connectivity index (χ1v) is 13.1. The fourth-order valence-corrected chi connectivity index (χ4v) is 5.84. The number of hydrogen-bond donors (Lipinski definition) is 1. The summed E-state index contributed by atoms with van der Waals surface area (Å²) in [5, 5.41) is 0.502. The first kappa shape index (κ1) is 25.6. The van der Waals surface area contributed by atoms with Crippen LogP contribution in [0.3, 0.4) is 0 Å². The molecule has 0 radical (unpaired) electrons. The van der Waals surface area contributed by atoms with Gasteiger partial charge in [0, 0.05) is 19.3 Å². The van der Waals surface area contributed by atoms with Crippen molar-refractivity contribution in [2.24, 2.45) is 0 Å². The number of thiazole rings is 1. The van der Waals surface area contributed by atoms with Crippen molar-refractivity contribution in [3.05, 3.63) is 78.0 Å². The maximum absolute atomic E-state index is 15.7. The molecule has 0 saturated heterocycles. The van der Waals surface area contributed by atoms with Crippen LogP contribution in [0.2, 0.25) is 0 Å². The molecule has 2 heterocycles. The summed E-state index contributed by atoms with van der Waals surface area (Å²) in [7, 11) is -4.75. The largest absolute Gasteiger partial charge is 0.349 e. The van der Waals surface area contributed by atoms with E-state index in [1.807, 2.05) is 23.5 Å². The predicted octanol–water partition coefficient (Wildman–Crippen LogP) is 6.08. The van der Waals surface area contributed by atoms with Gasteiger partial charge in [0.15, 0.2) is 10.9 Å². The summed E-state index contributed by atoms with van der Waals surface area (Å²) in [6, 6.07) is 8.66. The van der Waals surface area contributed by atoms with Crippen molar-refractivity contribution in [3.63, 3.8) is 0 Å². The quantitative estimate of drug-likeness (QED) is 0.277. The molecule has 0 spiro atoms. The fourth-order valence-electron chi connectivity index (χ4n) is 3.51. The molecule has 0 atom stereocenters. The molecule has 2 aromatic carbocycles. The third kappa shape index (κ3) is 4.91. The van der Waals surface area contributed by atoms with Crippen molar-refractivity contribution in [3.8, 4) is 21.8 Å². The summed E-state index contributed by atoms with van der Waals surface area (Å²) in [5.41, 5.74) is -0.867. The van der Waals surface area contributed by atoms with Crippen LogP contribution >= 0.6 is 11.3 Å². The van der Waals surface area contributed by atoms with Gasteiger partial charge in [-0.05, 0) is 56.3 Å². The Morgan fingerprint density at radius 1 is 0.972 bits per heavy atom. The highest BCUT2D eigenvalue weighted by Crippen LogP contribution is 2.42. The number of nitrogens with zero attached hydrogens (tertiary/aromatic N) is 3. The van der Waals surface area contributed by atoms with Crippen LogP contribution < -0.4 is 9.62 Å². The molecule has 0 unspecified atom stereocenters. The Hall–Kier alpha value is -3.51. The van der Waals surface area contributed by atoms with Crippen LogP contribution in [0.5, 0.6) is 0 Å². The van der Waals surface area contributed by atoms with E-state index in [0.717, 1.165) is 18.2 Å². The van der Waals surface area contributed by atoms with Crippen LogP contribution in [0.4, 0.5) is 28.4 Å². The van der Waals surface area contributed by atoms with Gasteiger partial charge in [-0.25, -0.2) is 31.0 Å². The van der Waals surface area contributed by atoms with Crippen LogP contribution in [-0.2, 0) is 10.0 Å². The number of sulfonamides is 1. The Kier molecular flexibility index (Phi) is 7.27. The molecule has 0 aliphatic heterocycles. The number of rotatable bonds is 8. The van der Waals surface area contributed by atoms with Crippen molar-refractivity contribution in [1.29, 1.82) is 0 Å². The highest BCUT2D eigenvalue weighted by Gasteiger charge is 2.27. The summed E-state index contributed by atoms with van der Waals surface area (Å²) < 4.78 is 85.8. The van der Waals surface area contributed by atoms with Gasteiger partial charge in [-0.15, -0.1) is 0 Å². The zero-order chi connectivity index (χ0) is 26.0. The van der Waals surface area contributed by atoms with Crippen LogP contribution in [-0.4, -0.2) is 31.5 Å². The van der Waals surface area contributed by atoms with Crippen LogP contribution in [0.25, 0.3) is 21.8 Å². The summed E-state index contributed by atoms with van der Waals surface area (Å²) in [6.07, 6.45) is 1.53.